The Hall–Kier alpha value is -4.96. The Morgan fingerprint density at radius 3 is 2.62 bits per heavy atom. The number of aryl methyl sites for hydroxylation is 1. The van der Waals surface area contributed by atoms with Gasteiger partial charge in [0.15, 0.2) is 17.3 Å². The predicted molar refractivity (Wildman–Crippen MR) is 159 cm³/mol. The highest BCUT2D eigenvalue weighted by atomic mass is 35.5. The Morgan fingerprint density at radius 2 is 1.83 bits per heavy atom. The van der Waals surface area contributed by atoms with Crippen LogP contribution in [0.25, 0.3) is 16.6 Å². The van der Waals surface area contributed by atoms with Crippen LogP contribution in [0.4, 0.5) is 0 Å². The molecule has 3 aromatic carbocycles. The van der Waals surface area contributed by atoms with Gasteiger partial charge in [0.05, 0.1) is 30.4 Å². The molecule has 212 valence electrons. The molecule has 0 spiro atoms. The molecule has 0 saturated heterocycles. The summed E-state index contributed by atoms with van der Waals surface area (Å²) >= 11 is 6.18. The number of aliphatic imine (C=N–C) groups is 1. The average molecular weight is 583 g/mol. The van der Waals surface area contributed by atoms with Crippen molar-refractivity contribution in [3.63, 3.8) is 0 Å². The van der Waals surface area contributed by atoms with Gasteiger partial charge in [-0.25, -0.2) is 0 Å². The fourth-order valence-electron chi connectivity index (χ4n) is 5.11. The van der Waals surface area contributed by atoms with E-state index in [-0.39, 0.29) is 23.8 Å². The smallest absolute Gasteiger partial charge is 0.222 e. The first-order chi connectivity index (χ1) is 20.3. The van der Waals surface area contributed by atoms with Crippen LogP contribution in [0.3, 0.4) is 0 Å². The van der Waals surface area contributed by atoms with E-state index < -0.39 is 6.04 Å². The van der Waals surface area contributed by atoms with Gasteiger partial charge in [0.1, 0.15) is 17.6 Å². The number of rotatable bonds is 7. The minimum Gasteiger partial charge on any atom is -0.504 e. The standard InChI is InChI=1S/C31H27ClN6O4/c1-17-36-37-31-25(15-29(41)33-10-9-18-11-20-12-27(39)28(40)14-24(20)34-16-18)35-30(19-3-5-21(32)6-4-19)23-13-22(42-2)7-8-26(23)38(17)31/h3-8,11-14,16,25,39-40H,9-10,15H2,1-2H3,(H,33,41)/t25-/m0/s1. The molecule has 6 rings (SSSR count). The number of benzene rings is 3. The van der Waals surface area contributed by atoms with Crippen LogP contribution in [0.1, 0.15) is 40.8 Å². The lowest BCUT2D eigenvalue weighted by atomic mass is 10.00. The molecular weight excluding hydrogens is 556 g/mol. The van der Waals surface area contributed by atoms with Gasteiger partial charge >= 0.3 is 0 Å². The molecule has 1 aliphatic rings. The Labute approximate surface area is 246 Å². The minimum absolute atomic E-state index is 0.0590. The number of halogens is 1. The normalized spacial score (nSPS) is 14.1. The van der Waals surface area contributed by atoms with E-state index in [9.17, 15) is 15.0 Å². The summed E-state index contributed by atoms with van der Waals surface area (Å²) in [6.45, 7) is 2.24. The molecule has 3 heterocycles. The van der Waals surface area contributed by atoms with Gasteiger partial charge in [0.2, 0.25) is 5.91 Å². The topological polar surface area (TPSA) is 135 Å². The SMILES string of the molecule is COc1ccc2c(c1)C(c1ccc(Cl)cc1)=N[C@@H](CC(=O)NCCc1cnc3cc(O)c(O)cc3c1)c1nnc(C)n1-2. The Balaban J connectivity index is 1.27. The van der Waals surface area contributed by atoms with Gasteiger partial charge in [-0.15, -0.1) is 10.2 Å². The number of amides is 1. The number of aromatic nitrogens is 4. The predicted octanol–water partition coefficient (Wildman–Crippen LogP) is 4.84. The molecule has 1 amide bonds. The Kier molecular flexibility index (Phi) is 7.22. The molecule has 0 saturated carbocycles. The van der Waals surface area contributed by atoms with Crippen molar-refractivity contribution in [2.75, 3.05) is 13.7 Å². The first-order valence-electron chi connectivity index (χ1n) is 13.3. The van der Waals surface area contributed by atoms with Crippen molar-refractivity contribution >= 4 is 34.1 Å². The number of nitrogens with one attached hydrogen (secondary N) is 1. The molecule has 0 radical (unpaired) electrons. The quantitative estimate of drug-likeness (QED) is 0.234. The molecule has 1 atom stereocenters. The van der Waals surface area contributed by atoms with Crippen LogP contribution in [0.2, 0.25) is 5.02 Å². The molecule has 11 heteroatoms. The van der Waals surface area contributed by atoms with Crippen LogP contribution in [-0.4, -0.2) is 55.2 Å². The summed E-state index contributed by atoms with van der Waals surface area (Å²) < 4.78 is 7.46. The van der Waals surface area contributed by atoms with Gasteiger partial charge in [-0.05, 0) is 61.4 Å². The van der Waals surface area contributed by atoms with Crippen LogP contribution in [-0.2, 0) is 11.2 Å². The van der Waals surface area contributed by atoms with Crippen molar-refractivity contribution in [2.24, 2.45) is 4.99 Å². The van der Waals surface area contributed by atoms with E-state index in [4.69, 9.17) is 21.3 Å². The molecule has 0 fully saturated rings. The number of fused-ring (bicyclic) bond motifs is 4. The number of aromatic hydroxyl groups is 2. The second-order valence-electron chi connectivity index (χ2n) is 10.0. The fourth-order valence-corrected chi connectivity index (χ4v) is 5.23. The third kappa shape index (κ3) is 5.24. The number of phenolic OH excluding ortho intramolecular Hbond substituents is 2. The largest absolute Gasteiger partial charge is 0.504 e. The number of carbonyl (C=O) groups is 1. The lowest BCUT2D eigenvalue weighted by Gasteiger charge is -2.14. The summed E-state index contributed by atoms with van der Waals surface area (Å²) in [6.07, 6.45) is 2.28. The number of hydrogen-bond acceptors (Lipinski definition) is 8. The number of hydrogen-bond donors (Lipinski definition) is 3. The maximum Gasteiger partial charge on any atom is 0.222 e. The van der Waals surface area contributed by atoms with Crippen molar-refractivity contribution in [2.45, 2.75) is 25.8 Å². The van der Waals surface area contributed by atoms with Crippen LogP contribution < -0.4 is 10.1 Å². The molecule has 0 bridgehead atoms. The number of nitrogens with zero attached hydrogens (tertiary/aromatic N) is 5. The second-order valence-corrected chi connectivity index (χ2v) is 10.4. The molecule has 5 aromatic rings. The molecule has 2 aromatic heterocycles. The zero-order valence-corrected chi connectivity index (χ0v) is 23.6. The van der Waals surface area contributed by atoms with E-state index in [0.717, 1.165) is 22.4 Å². The number of methoxy groups -OCH3 is 1. The maximum absolute atomic E-state index is 13.2. The number of ether oxygens (including phenoxy) is 1. The van der Waals surface area contributed by atoms with Crippen LogP contribution in [0.15, 0.2) is 71.9 Å². The zero-order chi connectivity index (χ0) is 29.4. The summed E-state index contributed by atoms with van der Waals surface area (Å²) in [6, 6.07) is 17.3. The van der Waals surface area contributed by atoms with E-state index in [1.165, 1.54) is 12.1 Å². The highest BCUT2D eigenvalue weighted by molar-refractivity contribution is 6.30. The lowest BCUT2D eigenvalue weighted by molar-refractivity contribution is -0.121. The summed E-state index contributed by atoms with van der Waals surface area (Å²) in [4.78, 5) is 22.7. The van der Waals surface area contributed by atoms with Gasteiger partial charge < -0.3 is 20.3 Å². The summed E-state index contributed by atoms with van der Waals surface area (Å²) in [5.74, 6) is 1.31. The van der Waals surface area contributed by atoms with Crippen LogP contribution in [0.5, 0.6) is 17.2 Å². The van der Waals surface area contributed by atoms with Crippen molar-refractivity contribution in [1.82, 2.24) is 25.1 Å². The van der Waals surface area contributed by atoms with Crippen LogP contribution >= 0.6 is 11.6 Å². The third-order valence-electron chi connectivity index (χ3n) is 7.20. The van der Waals surface area contributed by atoms with Gasteiger partial charge in [-0.1, -0.05) is 23.7 Å². The molecule has 42 heavy (non-hydrogen) atoms. The van der Waals surface area contributed by atoms with Crippen molar-refractivity contribution in [3.05, 3.63) is 100 Å². The molecular formula is C31H27ClN6O4. The van der Waals surface area contributed by atoms with E-state index in [1.54, 1.807) is 13.3 Å². The maximum atomic E-state index is 13.2. The molecule has 0 aliphatic carbocycles. The molecule has 3 N–H and O–H groups in total. The van der Waals surface area contributed by atoms with Gasteiger partial charge in [-0.3, -0.25) is 19.3 Å². The lowest BCUT2D eigenvalue weighted by Crippen LogP contribution is -2.27. The highest BCUT2D eigenvalue weighted by Gasteiger charge is 2.30. The van der Waals surface area contributed by atoms with Crippen molar-refractivity contribution in [3.8, 4) is 22.9 Å². The second kappa shape index (κ2) is 11.1. The Morgan fingerprint density at radius 1 is 1.05 bits per heavy atom. The first-order valence-corrected chi connectivity index (χ1v) is 13.7. The van der Waals surface area contributed by atoms with Crippen LogP contribution in [0, 0.1) is 6.92 Å². The Bertz CT molecular complexity index is 1850. The van der Waals surface area contributed by atoms with E-state index in [1.807, 2.05) is 60.0 Å². The van der Waals surface area contributed by atoms with Gasteiger partial charge in [-0.2, -0.15) is 0 Å². The van der Waals surface area contributed by atoms with Crippen molar-refractivity contribution in [1.29, 1.82) is 0 Å². The molecule has 10 nitrogen and oxygen atoms in total. The summed E-state index contributed by atoms with van der Waals surface area (Å²) in [7, 11) is 1.61. The van der Waals surface area contributed by atoms with E-state index in [2.05, 4.69) is 20.5 Å². The number of phenols is 2. The number of carbonyl (C=O) groups excluding carboxylic acids is 1. The monoisotopic (exact) mass is 582 g/mol. The van der Waals surface area contributed by atoms with Gasteiger partial charge in [0.25, 0.3) is 0 Å². The summed E-state index contributed by atoms with van der Waals surface area (Å²) in [5.41, 5.74) is 4.66. The van der Waals surface area contributed by atoms with E-state index >= 15 is 0 Å². The summed E-state index contributed by atoms with van der Waals surface area (Å²) in [5, 5.41) is 32.6. The number of pyridine rings is 1. The molecule has 0 unspecified atom stereocenters. The zero-order valence-electron chi connectivity index (χ0n) is 22.9. The highest BCUT2D eigenvalue weighted by Crippen LogP contribution is 2.34. The average Bonchev–Trinajstić information content (AvgIpc) is 3.30. The van der Waals surface area contributed by atoms with Gasteiger partial charge in [0, 0.05) is 40.3 Å². The minimum atomic E-state index is -0.603. The first kappa shape index (κ1) is 27.2. The van der Waals surface area contributed by atoms with Crippen molar-refractivity contribution < 1.29 is 19.7 Å². The van der Waals surface area contributed by atoms with E-state index in [0.29, 0.717) is 52.0 Å². The third-order valence-corrected chi connectivity index (χ3v) is 7.45. The fraction of sp³-hybridized carbons (Fsp3) is 0.194. The molecule has 1 aliphatic heterocycles.